The van der Waals surface area contributed by atoms with E-state index < -0.39 is 11.4 Å². The highest BCUT2D eigenvalue weighted by atomic mass is 19.1. The van der Waals surface area contributed by atoms with Gasteiger partial charge in [0.05, 0.1) is 11.2 Å². The van der Waals surface area contributed by atoms with Crippen LogP contribution in [0.5, 0.6) is 0 Å². The number of nitrogens with zero attached hydrogens (tertiary/aromatic N) is 1. The standard InChI is InChI=1S/C9H8FN3O/c1-4-12-6-3-2-5(11)8(10)7(6)9(14)13-4/h2-3H,11H2,1H3,(H,12,13,14). The molecule has 0 aliphatic rings. The molecule has 0 saturated carbocycles. The summed E-state index contributed by atoms with van der Waals surface area (Å²) in [7, 11) is 0. The second kappa shape index (κ2) is 2.80. The SMILES string of the molecule is Cc1nc2ccc(N)c(F)c2c(=O)[nH]1. The molecule has 1 heterocycles. The Bertz CT molecular complexity index is 562. The van der Waals surface area contributed by atoms with Crippen molar-refractivity contribution in [2.45, 2.75) is 6.92 Å². The minimum atomic E-state index is -0.712. The van der Waals surface area contributed by atoms with Crippen molar-refractivity contribution >= 4 is 16.6 Å². The van der Waals surface area contributed by atoms with Gasteiger partial charge in [-0.15, -0.1) is 0 Å². The predicted octanol–water partition coefficient (Wildman–Crippen LogP) is 0.953. The molecule has 0 atom stereocenters. The lowest BCUT2D eigenvalue weighted by molar-refractivity contribution is 0.642. The van der Waals surface area contributed by atoms with Crippen LogP contribution in [-0.2, 0) is 0 Å². The van der Waals surface area contributed by atoms with Gasteiger partial charge in [0.1, 0.15) is 11.2 Å². The molecular formula is C9H8FN3O. The third-order valence-electron chi connectivity index (χ3n) is 1.96. The Balaban J connectivity index is 3.03. The van der Waals surface area contributed by atoms with Crippen LogP contribution in [0.15, 0.2) is 16.9 Å². The predicted molar refractivity (Wildman–Crippen MR) is 51.5 cm³/mol. The van der Waals surface area contributed by atoms with Crippen molar-refractivity contribution in [2.24, 2.45) is 0 Å². The zero-order chi connectivity index (χ0) is 10.3. The summed E-state index contributed by atoms with van der Waals surface area (Å²) in [5.41, 5.74) is 5.10. The Kier molecular flexibility index (Phi) is 1.73. The van der Waals surface area contributed by atoms with Crippen LogP contribution >= 0.6 is 0 Å². The summed E-state index contributed by atoms with van der Waals surface area (Å²) in [6.07, 6.45) is 0. The maximum atomic E-state index is 13.4. The molecule has 3 N–H and O–H groups in total. The molecule has 72 valence electrons. The topological polar surface area (TPSA) is 71.8 Å². The second-order valence-corrected chi connectivity index (χ2v) is 3.01. The lowest BCUT2D eigenvalue weighted by Gasteiger charge is -2.01. The van der Waals surface area contributed by atoms with Gasteiger partial charge in [-0.2, -0.15) is 0 Å². The summed E-state index contributed by atoms with van der Waals surface area (Å²) in [6, 6.07) is 2.92. The monoisotopic (exact) mass is 193 g/mol. The Hall–Kier alpha value is -1.91. The number of hydrogen-bond acceptors (Lipinski definition) is 3. The molecule has 0 amide bonds. The highest BCUT2D eigenvalue weighted by Crippen LogP contribution is 2.17. The maximum Gasteiger partial charge on any atom is 0.261 e. The van der Waals surface area contributed by atoms with E-state index in [9.17, 15) is 9.18 Å². The summed E-state index contributed by atoms with van der Waals surface area (Å²) in [6.45, 7) is 1.63. The molecule has 0 aliphatic heterocycles. The summed E-state index contributed by atoms with van der Waals surface area (Å²) in [5, 5.41) is -0.0874. The Morgan fingerprint density at radius 3 is 2.93 bits per heavy atom. The van der Waals surface area contributed by atoms with E-state index in [-0.39, 0.29) is 11.1 Å². The number of fused-ring (bicyclic) bond motifs is 1. The van der Waals surface area contributed by atoms with E-state index in [1.165, 1.54) is 12.1 Å². The number of nitrogens with two attached hydrogens (primary N) is 1. The van der Waals surface area contributed by atoms with Gasteiger partial charge in [0, 0.05) is 0 Å². The molecule has 0 bridgehead atoms. The molecule has 0 radical (unpaired) electrons. The minimum Gasteiger partial charge on any atom is -0.396 e. The normalized spacial score (nSPS) is 10.7. The van der Waals surface area contributed by atoms with Gasteiger partial charge in [0.25, 0.3) is 5.56 Å². The van der Waals surface area contributed by atoms with E-state index in [0.717, 1.165) is 0 Å². The van der Waals surface area contributed by atoms with Gasteiger partial charge in [-0.05, 0) is 19.1 Å². The third kappa shape index (κ3) is 1.14. The van der Waals surface area contributed by atoms with Crippen LogP contribution in [0.25, 0.3) is 10.9 Å². The summed E-state index contributed by atoms with van der Waals surface area (Å²) in [5.74, 6) is -0.261. The smallest absolute Gasteiger partial charge is 0.261 e. The van der Waals surface area contributed by atoms with Crippen LogP contribution in [0.4, 0.5) is 10.1 Å². The molecule has 0 saturated heterocycles. The minimum absolute atomic E-state index is 0.0475. The number of nitrogen functional groups attached to an aromatic ring is 1. The fourth-order valence-electron chi connectivity index (χ4n) is 1.33. The van der Waals surface area contributed by atoms with Crippen LogP contribution in [0.2, 0.25) is 0 Å². The molecule has 0 fully saturated rings. The fourth-order valence-corrected chi connectivity index (χ4v) is 1.33. The molecule has 5 heteroatoms. The first-order valence-corrected chi connectivity index (χ1v) is 4.04. The number of halogens is 1. The van der Waals surface area contributed by atoms with Crippen molar-refractivity contribution < 1.29 is 4.39 Å². The number of aryl methyl sites for hydroxylation is 1. The molecule has 14 heavy (non-hydrogen) atoms. The number of anilines is 1. The summed E-state index contributed by atoms with van der Waals surface area (Å²) in [4.78, 5) is 17.8. The van der Waals surface area contributed by atoms with E-state index in [1.807, 2.05) is 0 Å². The Labute approximate surface area is 78.6 Å². The average molecular weight is 193 g/mol. The van der Waals surface area contributed by atoms with Crippen molar-refractivity contribution in [1.82, 2.24) is 9.97 Å². The number of nitrogens with one attached hydrogen (secondary N) is 1. The van der Waals surface area contributed by atoms with Crippen molar-refractivity contribution in [1.29, 1.82) is 0 Å². The molecule has 4 nitrogen and oxygen atoms in total. The van der Waals surface area contributed by atoms with E-state index in [0.29, 0.717) is 11.3 Å². The molecule has 2 aromatic rings. The fraction of sp³-hybridized carbons (Fsp3) is 0.111. The highest BCUT2D eigenvalue weighted by molar-refractivity contribution is 5.81. The number of H-pyrrole nitrogens is 1. The summed E-state index contributed by atoms with van der Waals surface area (Å²) < 4.78 is 13.4. The van der Waals surface area contributed by atoms with Gasteiger partial charge in [-0.3, -0.25) is 4.79 Å². The van der Waals surface area contributed by atoms with Gasteiger partial charge in [0.15, 0.2) is 5.82 Å². The zero-order valence-corrected chi connectivity index (χ0v) is 7.47. The van der Waals surface area contributed by atoms with E-state index in [4.69, 9.17) is 5.73 Å². The van der Waals surface area contributed by atoms with Gasteiger partial charge in [-0.1, -0.05) is 0 Å². The van der Waals surface area contributed by atoms with Crippen LogP contribution < -0.4 is 11.3 Å². The molecular weight excluding hydrogens is 185 g/mol. The van der Waals surface area contributed by atoms with Crippen LogP contribution in [0.1, 0.15) is 5.82 Å². The molecule has 0 unspecified atom stereocenters. The van der Waals surface area contributed by atoms with Gasteiger partial charge in [0.2, 0.25) is 0 Å². The first-order chi connectivity index (χ1) is 6.59. The number of aromatic amines is 1. The lowest BCUT2D eigenvalue weighted by atomic mass is 10.2. The Morgan fingerprint density at radius 2 is 2.21 bits per heavy atom. The molecule has 0 spiro atoms. The number of benzene rings is 1. The number of aromatic nitrogens is 2. The highest BCUT2D eigenvalue weighted by Gasteiger charge is 2.09. The average Bonchev–Trinajstić information content (AvgIpc) is 2.10. The van der Waals surface area contributed by atoms with E-state index in [2.05, 4.69) is 9.97 Å². The van der Waals surface area contributed by atoms with Gasteiger partial charge < -0.3 is 10.7 Å². The quantitative estimate of drug-likeness (QED) is 0.612. The van der Waals surface area contributed by atoms with Crippen molar-refractivity contribution in [3.63, 3.8) is 0 Å². The van der Waals surface area contributed by atoms with Crippen LogP contribution in [0.3, 0.4) is 0 Å². The molecule has 2 rings (SSSR count). The number of rotatable bonds is 0. The van der Waals surface area contributed by atoms with Crippen molar-refractivity contribution in [3.05, 3.63) is 34.1 Å². The molecule has 1 aromatic carbocycles. The first kappa shape index (κ1) is 8.68. The molecule has 1 aromatic heterocycles. The lowest BCUT2D eigenvalue weighted by Crippen LogP contribution is -2.12. The second-order valence-electron chi connectivity index (χ2n) is 3.01. The van der Waals surface area contributed by atoms with Gasteiger partial charge >= 0.3 is 0 Å². The number of hydrogen-bond donors (Lipinski definition) is 2. The van der Waals surface area contributed by atoms with E-state index >= 15 is 0 Å². The van der Waals surface area contributed by atoms with Gasteiger partial charge in [-0.25, -0.2) is 9.37 Å². The van der Waals surface area contributed by atoms with Crippen LogP contribution in [0, 0.1) is 12.7 Å². The van der Waals surface area contributed by atoms with Crippen molar-refractivity contribution in [2.75, 3.05) is 5.73 Å². The zero-order valence-electron chi connectivity index (χ0n) is 7.47. The Morgan fingerprint density at radius 1 is 1.50 bits per heavy atom. The van der Waals surface area contributed by atoms with Crippen molar-refractivity contribution in [3.8, 4) is 0 Å². The first-order valence-electron chi connectivity index (χ1n) is 4.04. The third-order valence-corrected chi connectivity index (χ3v) is 1.96. The molecule has 0 aliphatic carbocycles. The van der Waals surface area contributed by atoms with Crippen LogP contribution in [-0.4, -0.2) is 9.97 Å². The maximum absolute atomic E-state index is 13.4. The summed E-state index contributed by atoms with van der Waals surface area (Å²) >= 11 is 0. The largest absolute Gasteiger partial charge is 0.396 e. The van der Waals surface area contributed by atoms with E-state index in [1.54, 1.807) is 6.92 Å².